The van der Waals surface area contributed by atoms with Crippen molar-refractivity contribution in [2.24, 2.45) is 10.3 Å². The standard InChI is InChI=1S/C2H3BrN2O2/c3-2(5-7)1-4-6/h1,6-7H. The average Bonchev–Trinajstić information content (AvgIpc) is 1.68. The van der Waals surface area contributed by atoms with E-state index in [1.54, 1.807) is 0 Å². The highest BCUT2D eigenvalue weighted by molar-refractivity contribution is 9.19. The molecule has 0 aromatic heterocycles. The van der Waals surface area contributed by atoms with E-state index in [2.05, 4.69) is 26.2 Å². The molecule has 40 valence electrons. The first-order valence-electron chi connectivity index (χ1n) is 1.36. The molecule has 0 fully saturated rings. The quantitative estimate of drug-likeness (QED) is 0.341. The smallest absolute Gasteiger partial charge is 0.166 e. The summed E-state index contributed by atoms with van der Waals surface area (Å²) in [5, 5.41) is 20.7. The van der Waals surface area contributed by atoms with Crippen LogP contribution in [-0.2, 0) is 0 Å². The number of hydrogen-bond donors (Lipinski definition) is 2. The monoisotopic (exact) mass is 166 g/mol. The van der Waals surface area contributed by atoms with Gasteiger partial charge in [-0.2, -0.15) is 0 Å². The molecule has 0 amide bonds. The number of halogens is 1. The average molecular weight is 167 g/mol. The van der Waals surface area contributed by atoms with Gasteiger partial charge in [-0.15, -0.1) is 0 Å². The largest absolute Gasteiger partial charge is 0.411 e. The van der Waals surface area contributed by atoms with Crippen molar-refractivity contribution < 1.29 is 10.4 Å². The lowest BCUT2D eigenvalue weighted by molar-refractivity contribution is 0.317. The molecule has 0 bridgehead atoms. The summed E-state index contributed by atoms with van der Waals surface area (Å²) in [4.78, 5) is 0. The Morgan fingerprint density at radius 1 is 1.57 bits per heavy atom. The molecule has 2 N–H and O–H groups in total. The van der Waals surface area contributed by atoms with E-state index >= 15 is 0 Å². The van der Waals surface area contributed by atoms with Crippen molar-refractivity contribution in [3.05, 3.63) is 0 Å². The van der Waals surface area contributed by atoms with E-state index in [4.69, 9.17) is 10.4 Å². The van der Waals surface area contributed by atoms with Crippen LogP contribution in [0, 0.1) is 0 Å². The summed E-state index contributed by atoms with van der Waals surface area (Å²) in [6.07, 6.45) is 0.944. The van der Waals surface area contributed by atoms with E-state index in [0.29, 0.717) is 0 Å². The summed E-state index contributed by atoms with van der Waals surface area (Å²) in [5.74, 6) is 0. The van der Waals surface area contributed by atoms with Crippen LogP contribution in [-0.4, -0.2) is 21.3 Å². The van der Waals surface area contributed by atoms with Gasteiger partial charge in [0.25, 0.3) is 0 Å². The molecular weight excluding hydrogens is 164 g/mol. The Morgan fingerprint density at radius 2 is 2.14 bits per heavy atom. The third kappa shape index (κ3) is 3.24. The molecule has 4 nitrogen and oxygen atoms in total. The summed E-state index contributed by atoms with van der Waals surface area (Å²) >= 11 is 2.73. The fourth-order valence-corrected chi connectivity index (χ4v) is 0.165. The van der Waals surface area contributed by atoms with Gasteiger partial charge in [0, 0.05) is 0 Å². The molecule has 0 aromatic carbocycles. The van der Waals surface area contributed by atoms with Crippen molar-refractivity contribution in [1.29, 1.82) is 0 Å². The Balaban J connectivity index is 3.58. The molecule has 0 aliphatic carbocycles. The normalized spacial score (nSPS) is 13.0. The van der Waals surface area contributed by atoms with Gasteiger partial charge in [-0.25, -0.2) is 0 Å². The highest BCUT2D eigenvalue weighted by Gasteiger charge is 1.80. The second kappa shape index (κ2) is 3.60. The van der Waals surface area contributed by atoms with Crippen LogP contribution in [0.1, 0.15) is 0 Å². The van der Waals surface area contributed by atoms with Gasteiger partial charge in [0.1, 0.15) is 6.21 Å². The second-order valence-corrected chi connectivity index (χ2v) is 1.48. The fourth-order valence-electron chi connectivity index (χ4n) is 0.0735. The lowest BCUT2D eigenvalue weighted by Gasteiger charge is -1.74. The fraction of sp³-hybridized carbons (Fsp3) is 0. The Morgan fingerprint density at radius 3 is 2.29 bits per heavy atom. The summed E-state index contributed by atoms with van der Waals surface area (Å²) in [7, 11) is 0. The molecule has 0 spiro atoms. The Hall–Kier alpha value is -0.580. The molecule has 7 heavy (non-hydrogen) atoms. The zero-order valence-electron chi connectivity index (χ0n) is 3.24. The number of rotatable bonds is 1. The van der Waals surface area contributed by atoms with Gasteiger partial charge in [0.05, 0.1) is 0 Å². The van der Waals surface area contributed by atoms with E-state index in [1.807, 2.05) is 0 Å². The third-order valence-electron chi connectivity index (χ3n) is 0.260. The predicted molar refractivity (Wildman–Crippen MR) is 28.4 cm³/mol. The van der Waals surface area contributed by atoms with Gasteiger partial charge < -0.3 is 10.4 Å². The van der Waals surface area contributed by atoms with Crippen molar-refractivity contribution in [2.75, 3.05) is 0 Å². The van der Waals surface area contributed by atoms with E-state index < -0.39 is 0 Å². The summed E-state index contributed by atoms with van der Waals surface area (Å²) in [6, 6.07) is 0. The molecule has 0 radical (unpaired) electrons. The van der Waals surface area contributed by atoms with Crippen LogP contribution in [0.3, 0.4) is 0 Å². The third-order valence-corrected chi connectivity index (χ3v) is 0.623. The Kier molecular flexibility index (Phi) is 3.31. The number of hydrogen-bond acceptors (Lipinski definition) is 4. The summed E-state index contributed by atoms with van der Waals surface area (Å²) < 4.78 is 0.0787. The number of oxime groups is 2. The van der Waals surface area contributed by atoms with E-state index in [1.165, 1.54) is 0 Å². The molecule has 0 aliphatic heterocycles. The Labute approximate surface area is 48.3 Å². The number of nitrogens with zero attached hydrogens (tertiary/aromatic N) is 2. The van der Waals surface area contributed by atoms with Gasteiger partial charge >= 0.3 is 0 Å². The summed E-state index contributed by atoms with van der Waals surface area (Å²) in [5.41, 5.74) is 0. The molecule has 0 aliphatic rings. The first-order chi connectivity index (χ1) is 3.31. The van der Waals surface area contributed by atoms with Crippen molar-refractivity contribution >= 4 is 26.8 Å². The van der Waals surface area contributed by atoms with Crippen LogP contribution >= 0.6 is 15.9 Å². The highest BCUT2D eigenvalue weighted by atomic mass is 79.9. The minimum atomic E-state index is 0.0787. The van der Waals surface area contributed by atoms with E-state index in [0.717, 1.165) is 6.21 Å². The van der Waals surface area contributed by atoms with Crippen LogP contribution in [0.5, 0.6) is 0 Å². The minimum Gasteiger partial charge on any atom is -0.411 e. The molecule has 0 atom stereocenters. The molecular formula is C2H3BrN2O2. The SMILES string of the molecule is ON=CC(Br)=NO. The predicted octanol–water partition coefficient (Wildman–Crippen LogP) is 0.629. The minimum absolute atomic E-state index is 0.0787. The van der Waals surface area contributed by atoms with Crippen molar-refractivity contribution in [1.82, 2.24) is 0 Å². The highest BCUT2D eigenvalue weighted by Crippen LogP contribution is 1.81. The molecule has 5 heteroatoms. The maximum absolute atomic E-state index is 7.80. The zero-order valence-corrected chi connectivity index (χ0v) is 4.83. The van der Waals surface area contributed by atoms with Crippen LogP contribution in [0.2, 0.25) is 0 Å². The summed E-state index contributed by atoms with van der Waals surface area (Å²) in [6.45, 7) is 0. The van der Waals surface area contributed by atoms with E-state index in [-0.39, 0.29) is 4.62 Å². The molecule has 0 unspecified atom stereocenters. The van der Waals surface area contributed by atoms with E-state index in [9.17, 15) is 0 Å². The van der Waals surface area contributed by atoms with Crippen molar-refractivity contribution in [2.45, 2.75) is 0 Å². The van der Waals surface area contributed by atoms with Gasteiger partial charge in [-0.3, -0.25) is 0 Å². The van der Waals surface area contributed by atoms with Crippen LogP contribution in [0.15, 0.2) is 10.3 Å². The first-order valence-corrected chi connectivity index (χ1v) is 2.15. The molecule has 0 rings (SSSR count). The van der Waals surface area contributed by atoms with Crippen LogP contribution in [0.4, 0.5) is 0 Å². The van der Waals surface area contributed by atoms with Gasteiger partial charge in [-0.1, -0.05) is 10.3 Å². The lowest BCUT2D eigenvalue weighted by atomic mass is 10.8. The maximum Gasteiger partial charge on any atom is 0.166 e. The van der Waals surface area contributed by atoms with Crippen LogP contribution in [0.25, 0.3) is 0 Å². The Bertz CT molecular complexity index is 99.9. The van der Waals surface area contributed by atoms with Gasteiger partial charge in [0.15, 0.2) is 4.62 Å². The van der Waals surface area contributed by atoms with Gasteiger partial charge in [-0.05, 0) is 15.9 Å². The maximum atomic E-state index is 7.80. The zero-order chi connectivity index (χ0) is 5.70. The topological polar surface area (TPSA) is 65.2 Å². The first kappa shape index (κ1) is 6.42. The van der Waals surface area contributed by atoms with Gasteiger partial charge in [0.2, 0.25) is 0 Å². The van der Waals surface area contributed by atoms with Crippen LogP contribution < -0.4 is 0 Å². The van der Waals surface area contributed by atoms with Crippen molar-refractivity contribution in [3.8, 4) is 0 Å². The lowest BCUT2D eigenvalue weighted by Crippen LogP contribution is -1.84. The second-order valence-electron chi connectivity index (χ2n) is 0.667. The molecule has 0 saturated heterocycles. The van der Waals surface area contributed by atoms with Crippen molar-refractivity contribution in [3.63, 3.8) is 0 Å². The molecule has 0 saturated carbocycles. The molecule has 0 heterocycles. The molecule has 0 aromatic rings.